The van der Waals surface area contributed by atoms with Crippen molar-refractivity contribution in [1.29, 1.82) is 0 Å². The molecule has 0 saturated heterocycles. The van der Waals surface area contributed by atoms with Gasteiger partial charge in [-0.2, -0.15) is 0 Å². The second-order valence-corrected chi connectivity index (χ2v) is 4.72. The van der Waals surface area contributed by atoms with E-state index in [-0.39, 0.29) is 12.4 Å². The van der Waals surface area contributed by atoms with Crippen LogP contribution in [0.5, 0.6) is 0 Å². The van der Waals surface area contributed by atoms with Gasteiger partial charge in [0, 0.05) is 10.9 Å². The Labute approximate surface area is 125 Å². The molecule has 0 aliphatic rings. The van der Waals surface area contributed by atoms with E-state index in [0.717, 1.165) is 5.56 Å². The summed E-state index contributed by atoms with van der Waals surface area (Å²) >= 11 is 3.32. The molecule has 0 heterocycles. The van der Waals surface area contributed by atoms with Crippen LogP contribution in [0.15, 0.2) is 54.6 Å². The lowest BCUT2D eigenvalue weighted by Gasteiger charge is -2.07. The number of benzene rings is 2. The van der Waals surface area contributed by atoms with Crippen molar-refractivity contribution in [2.45, 2.75) is 5.33 Å². The van der Waals surface area contributed by atoms with Gasteiger partial charge in [0.25, 0.3) is 0 Å². The molecule has 0 N–H and O–H groups in total. The summed E-state index contributed by atoms with van der Waals surface area (Å²) in [5.74, 6) is -0.695. The normalized spacial score (nSPS) is 10.1. The number of halogens is 1. The first-order chi connectivity index (χ1) is 9.72. The highest BCUT2D eigenvalue weighted by Gasteiger charge is 2.14. The van der Waals surface area contributed by atoms with Crippen LogP contribution in [0.25, 0.3) is 0 Å². The topological polar surface area (TPSA) is 43.4 Å². The molecule has 2 aromatic rings. The van der Waals surface area contributed by atoms with Gasteiger partial charge < -0.3 is 4.74 Å². The number of rotatable bonds is 5. The average Bonchev–Trinajstić information content (AvgIpc) is 2.53. The highest BCUT2D eigenvalue weighted by Crippen LogP contribution is 2.14. The first kappa shape index (κ1) is 14.5. The number of esters is 1. The van der Waals surface area contributed by atoms with Crippen molar-refractivity contribution in [2.75, 3.05) is 6.61 Å². The molecule has 0 fully saturated rings. The van der Waals surface area contributed by atoms with Crippen molar-refractivity contribution in [3.63, 3.8) is 0 Å². The van der Waals surface area contributed by atoms with Crippen molar-refractivity contribution in [3.8, 4) is 0 Å². The summed E-state index contributed by atoms with van der Waals surface area (Å²) in [6.07, 6.45) is 0. The van der Waals surface area contributed by atoms with Crippen LogP contribution >= 0.6 is 15.9 Å². The third-order valence-electron chi connectivity index (χ3n) is 2.81. The van der Waals surface area contributed by atoms with E-state index in [1.54, 1.807) is 36.4 Å². The summed E-state index contributed by atoms with van der Waals surface area (Å²) in [6, 6.07) is 15.9. The van der Waals surface area contributed by atoms with Crippen LogP contribution in [0.1, 0.15) is 26.3 Å². The minimum Gasteiger partial charge on any atom is -0.454 e. The Morgan fingerprint density at radius 1 is 0.950 bits per heavy atom. The van der Waals surface area contributed by atoms with Crippen molar-refractivity contribution in [1.82, 2.24) is 0 Å². The molecule has 0 unspecified atom stereocenters. The number of carbonyl (C=O) groups is 2. The third-order valence-corrected chi connectivity index (χ3v) is 3.42. The van der Waals surface area contributed by atoms with Gasteiger partial charge in [0.15, 0.2) is 12.4 Å². The highest BCUT2D eigenvalue weighted by molar-refractivity contribution is 9.08. The molecule has 0 bridgehead atoms. The third kappa shape index (κ3) is 3.54. The smallest absolute Gasteiger partial charge is 0.338 e. The molecule has 2 aromatic carbocycles. The van der Waals surface area contributed by atoms with Crippen LogP contribution in [-0.2, 0) is 10.1 Å². The van der Waals surface area contributed by atoms with Crippen LogP contribution in [0.4, 0.5) is 0 Å². The number of hydrogen-bond acceptors (Lipinski definition) is 3. The Bertz CT molecular complexity index is 608. The van der Waals surface area contributed by atoms with Crippen LogP contribution in [0.3, 0.4) is 0 Å². The Hall–Kier alpha value is -1.94. The van der Waals surface area contributed by atoms with Crippen LogP contribution < -0.4 is 0 Å². The van der Waals surface area contributed by atoms with E-state index in [0.29, 0.717) is 16.5 Å². The molecular formula is C16H13BrO3. The summed E-state index contributed by atoms with van der Waals surface area (Å²) < 4.78 is 5.08. The maximum absolute atomic E-state index is 12.0. The van der Waals surface area contributed by atoms with Crippen LogP contribution in [0.2, 0.25) is 0 Å². The van der Waals surface area contributed by atoms with Gasteiger partial charge in [-0.05, 0) is 11.6 Å². The molecule has 0 amide bonds. The molecule has 0 radical (unpaired) electrons. The quantitative estimate of drug-likeness (QED) is 0.477. The summed E-state index contributed by atoms with van der Waals surface area (Å²) in [4.78, 5) is 23.8. The number of ether oxygens (including phenoxy) is 1. The minimum absolute atomic E-state index is 0.213. The van der Waals surface area contributed by atoms with E-state index in [9.17, 15) is 9.59 Å². The van der Waals surface area contributed by atoms with E-state index >= 15 is 0 Å². The van der Waals surface area contributed by atoms with Gasteiger partial charge in [0.1, 0.15) is 0 Å². The van der Waals surface area contributed by atoms with E-state index in [1.807, 2.05) is 18.2 Å². The van der Waals surface area contributed by atoms with Crippen LogP contribution in [-0.4, -0.2) is 18.4 Å². The van der Waals surface area contributed by atoms with Gasteiger partial charge in [0.05, 0.1) is 5.56 Å². The fraction of sp³-hybridized carbons (Fsp3) is 0.125. The largest absolute Gasteiger partial charge is 0.454 e. The Balaban J connectivity index is 2.01. The molecule has 0 aliphatic heterocycles. The molecule has 0 aliphatic carbocycles. The maximum Gasteiger partial charge on any atom is 0.338 e. The lowest BCUT2D eigenvalue weighted by molar-refractivity contribution is 0.0474. The molecule has 0 saturated carbocycles. The predicted octanol–water partition coefficient (Wildman–Crippen LogP) is 3.62. The first-order valence-electron chi connectivity index (χ1n) is 6.11. The molecule has 0 aromatic heterocycles. The zero-order valence-electron chi connectivity index (χ0n) is 10.7. The monoisotopic (exact) mass is 332 g/mol. The second kappa shape index (κ2) is 7.01. The van der Waals surface area contributed by atoms with Gasteiger partial charge in [-0.15, -0.1) is 0 Å². The number of hydrogen-bond donors (Lipinski definition) is 0. The van der Waals surface area contributed by atoms with Crippen molar-refractivity contribution in [2.24, 2.45) is 0 Å². The van der Waals surface area contributed by atoms with Gasteiger partial charge in [0.2, 0.25) is 0 Å². The summed E-state index contributed by atoms with van der Waals surface area (Å²) in [5.41, 5.74) is 1.85. The molecule has 4 heteroatoms. The van der Waals surface area contributed by atoms with Gasteiger partial charge >= 0.3 is 5.97 Å². The van der Waals surface area contributed by atoms with E-state index < -0.39 is 5.97 Å². The Morgan fingerprint density at radius 2 is 1.60 bits per heavy atom. The summed E-state index contributed by atoms with van der Waals surface area (Å²) in [7, 11) is 0. The Morgan fingerprint density at radius 3 is 2.30 bits per heavy atom. The number of Topliss-reactive ketones (excluding diaryl/α,β-unsaturated/α-hetero) is 1. The van der Waals surface area contributed by atoms with E-state index in [1.165, 1.54) is 0 Å². The SMILES string of the molecule is O=C(COC(=O)c1ccccc1CBr)c1ccccc1. The zero-order chi connectivity index (χ0) is 14.4. The zero-order valence-corrected chi connectivity index (χ0v) is 12.3. The first-order valence-corrected chi connectivity index (χ1v) is 7.23. The van der Waals surface area contributed by atoms with Crippen LogP contribution in [0, 0.1) is 0 Å². The fourth-order valence-electron chi connectivity index (χ4n) is 1.75. The fourth-order valence-corrected chi connectivity index (χ4v) is 2.24. The lowest BCUT2D eigenvalue weighted by Crippen LogP contribution is -2.15. The summed E-state index contributed by atoms with van der Waals surface area (Å²) in [5, 5.41) is 0.560. The number of alkyl halides is 1. The van der Waals surface area contributed by atoms with Crippen molar-refractivity contribution >= 4 is 27.7 Å². The molecule has 0 atom stereocenters. The molecule has 3 nitrogen and oxygen atoms in total. The van der Waals surface area contributed by atoms with Crippen molar-refractivity contribution in [3.05, 3.63) is 71.3 Å². The minimum atomic E-state index is -0.482. The van der Waals surface area contributed by atoms with E-state index in [2.05, 4.69) is 15.9 Å². The molecule has 102 valence electrons. The highest BCUT2D eigenvalue weighted by atomic mass is 79.9. The molecule has 2 rings (SSSR count). The van der Waals surface area contributed by atoms with Gasteiger partial charge in [-0.1, -0.05) is 64.5 Å². The molecule has 20 heavy (non-hydrogen) atoms. The maximum atomic E-state index is 12.0. The van der Waals surface area contributed by atoms with Gasteiger partial charge in [-0.25, -0.2) is 4.79 Å². The van der Waals surface area contributed by atoms with E-state index in [4.69, 9.17) is 4.74 Å². The molecular weight excluding hydrogens is 320 g/mol. The average molecular weight is 333 g/mol. The second-order valence-electron chi connectivity index (χ2n) is 4.16. The Kier molecular flexibility index (Phi) is 5.07. The standard InChI is InChI=1S/C16H13BrO3/c17-10-13-8-4-5-9-14(13)16(19)20-11-15(18)12-6-2-1-3-7-12/h1-9H,10-11H2. The van der Waals surface area contributed by atoms with Gasteiger partial charge in [-0.3, -0.25) is 4.79 Å². The number of carbonyl (C=O) groups excluding carboxylic acids is 2. The number of ketones is 1. The predicted molar refractivity (Wildman–Crippen MR) is 80.1 cm³/mol. The van der Waals surface area contributed by atoms with Crippen molar-refractivity contribution < 1.29 is 14.3 Å². The summed E-state index contributed by atoms with van der Waals surface area (Å²) in [6.45, 7) is -0.251. The molecule has 0 spiro atoms. The lowest BCUT2D eigenvalue weighted by atomic mass is 10.1.